The molecule has 29 heavy (non-hydrogen) atoms. The van der Waals surface area contributed by atoms with Gasteiger partial charge in [-0.2, -0.15) is 4.31 Å². The number of rotatable bonds is 5. The molecule has 1 heterocycles. The fourth-order valence-electron chi connectivity index (χ4n) is 2.86. The number of anilines is 1. The predicted octanol–water partition coefficient (Wildman–Crippen LogP) is 2.83. The Labute approximate surface area is 172 Å². The number of nitro groups is 1. The summed E-state index contributed by atoms with van der Waals surface area (Å²) >= 11 is 6.10. The van der Waals surface area contributed by atoms with Crippen LogP contribution in [0, 0.1) is 17.0 Å². The van der Waals surface area contributed by atoms with Crippen LogP contribution in [0.3, 0.4) is 0 Å². The largest absolute Gasteiger partial charge is 0.379 e. The van der Waals surface area contributed by atoms with E-state index < -0.39 is 20.9 Å². The summed E-state index contributed by atoms with van der Waals surface area (Å²) in [6.45, 7) is 2.57. The molecule has 0 saturated carbocycles. The van der Waals surface area contributed by atoms with Gasteiger partial charge in [-0.05, 0) is 31.2 Å². The van der Waals surface area contributed by atoms with Gasteiger partial charge in [0, 0.05) is 36.0 Å². The number of nitrogens with one attached hydrogen (secondary N) is 1. The van der Waals surface area contributed by atoms with Crippen LogP contribution in [-0.4, -0.2) is 49.9 Å². The Hall–Kier alpha value is -2.53. The van der Waals surface area contributed by atoms with E-state index in [1.54, 1.807) is 6.92 Å². The summed E-state index contributed by atoms with van der Waals surface area (Å²) in [6.07, 6.45) is 0. The van der Waals surface area contributed by atoms with Crippen LogP contribution in [0.2, 0.25) is 5.02 Å². The molecule has 1 N–H and O–H groups in total. The molecule has 0 radical (unpaired) electrons. The average molecular weight is 440 g/mol. The van der Waals surface area contributed by atoms with Crippen LogP contribution in [0.25, 0.3) is 0 Å². The van der Waals surface area contributed by atoms with Crippen molar-refractivity contribution in [1.82, 2.24) is 4.31 Å². The van der Waals surface area contributed by atoms with Crippen LogP contribution < -0.4 is 5.32 Å². The molecule has 11 heteroatoms. The predicted molar refractivity (Wildman–Crippen MR) is 107 cm³/mol. The zero-order valence-electron chi connectivity index (χ0n) is 15.4. The van der Waals surface area contributed by atoms with E-state index in [4.69, 9.17) is 16.3 Å². The number of nitrogens with zero attached hydrogens (tertiary/aromatic N) is 2. The number of sulfonamides is 1. The third kappa shape index (κ3) is 4.56. The van der Waals surface area contributed by atoms with Gasteiger partial charge in [0.15, 0.2) is 0 Å². The van der Waals surface area contributed by atoms with Gasteiger partial charge < -0.3 is 10.1 Å². The second-order valence-corrected chi connectivity index (χ2v) is 8.69. The van der Waals surface area contributed by atoms with Crippen LogP contribution in [-0.2, 0) is 14.8 Å². The minimum atomic E-state index is -3.86. The van der Waals surface area contributed by atoms with Crippen molar-refractivity contribution in [2.45, 2.75) is 11.8 Å². The van der Waals surface area contributed by atoms with Crippen molar-refractivity contribution in [2.75, 3.05) is 31.6 Å². The van der Waals surface area contributed by atoms with Gasteiger partial charge in [-0.25, -0.2) is 8.42 Å². The summed E-state index contributed by atoms with van der Waals surface area (Å²) in [5, 5.41) is 13.7. The molecule has 2 aromatic rings. The number of nitro benzene ring substituents is 1. The van der Waals surface area contributed by atoms with Gasteiger partial charge in [0.2, 0.25) is 10.0 Å². The molecule has 0 unspecified atom stereocenters. The fourth-order valence-corrected chi connectivity index (χ4v) is 4.76. The minimum Gasteiger partial charge on any atom is -0.379 e. The molecule has 0 bridgehead atoms. The quantitative estimate of drug-likeness (QED) is 0.565. The van der Waals surface area contributed by atoms with Gasteiger partial charge >= 0.3 is 0 Å². The summed E-state index contributed by atoms with van der Waals surface area (Å²) in [6, 6.07) is 8.21. The maximum Gasteiger partial charge on any atom is 0.273 e. The van der Waals surface area contributed by atoms with Gasteiger partial charge in [-0.1, -0.05) is 17.7 Å². The van der Waals surface area contributed by atoms with E-state index in [1.165, 1.54) is 40.7 Å². The lowest BCUT2D eigenvalue weighted by Crippen LogP contribution is -2.40. The molecule has 3 rings (SSSR count). The zero-order valence-corrected chi connectivity index (χ0v) is 17.0. The molecule has 2 aromatic carbocycles. The molecular weight excluding hydrogens is 422 g/mol. The van der Waals surface area contributed by atoms with Crippen LogP contribution in [0.1, 0.15) is 15.9 Å². The lowest BCUT2D eigenvalue weighted by Gasteiger charge is -2.26. The third-order valence-corrected chi connectivity index (χ3v) is 6.83. The molecule has 0 spiro atoms. The van der Waals surface area contributed by atoms with Crippen molar-refractivity contribution in [2.24, 2.45) is 0 Å². The maximum absolute atomic E-state index is 12.9. The molecular formula is C18H18ClN3O6S. The number of aryl methyl sites for hydroxylation is 1. The lowest BCUT2D eigenvalue weighted by molar-refractivity contribution is -0.385. The van der Waals surface area contributed by atoms with Crippen LogP contribution in [0.15, 0.2) is 41.3 Å². The number of ether oxygens (including phenoxy) is 1. The van der Waals surface area contributed by atoms with Crippen LogP contribution in [0.4, 0.5) is 11.4 Å². The zero-order chi connectivity index (χ0) is 21.2. The Balaban J connectivity index is 1.87. The van der Waals surface area contributed by atoms with E-state index in [1.807, 2.05) is 0 Å². The van der Waals surface area contributed by atoms with Crippen molar-refractivity contribution in [3.8, 4) is 0 Å². The average Bonchev–Trinajstić information content (AvgIpc) is 2.70. The standard InChI is InChI=1S/C18H18ClN3O6S/c1-12-2-3-13(10-16(12)22(24)25)18(23)20-14-4-5-15(19)17(11-14)29(26,27)21-6-8-28-9-7-21/h2-5,10-11H,6-9H2,1H3,(H,20,23). The smallest absolute Gasteiger partial charge is 0.273 e. The maximum atomic E-state index is 12.9. The first kappa shape index (κ1) is 21.2. The second-order valence-electron chi connectivity index (χ2n) is 6.37. The van der Waals surface area contributed by atoms with E-state index in [0.29, 0.717) is 18.8 Å². The summed E-state index contributed by atoms with van der Waals surface area (Å²) in [4.78, 5) is 22.9. The number of hydrogen-bond donors (Lipinski definition) is 1. The minimum absolute atomic E-state index is 0.0282. The van der Waals surface area contributed by atoms with E-state index in [2.05, 4.69) is 5.32 Å². The molecule has 0 aromatic heterocycles. The van der Waals surface area contributed by atoms with Gasteiger partial charge in [-0.15, -0.1) is 0 Å². The van der Waals surface area contributed by atoms with Crippen molar-refractivity contribution >= 4 is 38.9 Å². The highest BCUT2D eigenvalue weighted by atomic mass is 35.5. The Morgan fingerprint density at radius 2 is 1.90 bits per heavy atom. The Bertz CT molecular complexity index is 1070. The number of carbonyl (C=O) groups excluding carboxylic acids is 1. The molecule has 1 fully saturated rings. The van der Waals surface area contributed by atoms with Crippen molar-refractivity contribution in [3.63, 3.8) is 0 Å². The third-order valence-electron chi connectivity index (χ3n) is 4.44. The number of carbonyl (C=O) groups is 1. The normalized spacial score (nSPS) is 15.1. The lowest BCUT2D eigenvalue weighted by atomic mass is 10.1. The number of hydrogen-bond acceptors (Lipinski definition) is 6. The fraction of sp³-hybridized carbons (Fsp3) is 0.278. The Morgan fingerprint density at radius 3 is 2.55 bits per heavy atom. The van der Waals surface area contributed by atoms with Gasteiger partial charge in [0.1, 0.15) is 4.90 Å². The summed E-state index contributed by atoms with van der Waals surface area (Å²) in [7, 11) is -3.86. The van der Waals surface area contributed by atoms with Crippen molar-refractivity contribution < 1.29 is 22.9 Å². The number of halogens is 1. The SMILES string of the molecule is Cc1ccc(C(=O)Nc2ccc(Cl)c(S(=O)(=O)N3CCOCC3)c2)cc1[N+](=O)[O-]. The molecule has 1 aliphatic heterocycles. The van der Waals surface area contributed by atoms with Gasteiger partial charge in [-0.3, -0.25) is 14.9 Å². The van der Waals surface area contributed by atoms with E-state index >= 15 is 0 Å². The summed E-state index contributed by atoms with van der Waals surface area (Å²) in [5.74, 6) is -0.606. The highest BCUT2D eigenvalue weighted by Gasteiger charge is 2.28. The van der Waals surface area contributed by atoms with Crippen LogP contribution in [0.5, 0.6) is 0 Å². The summed E-state index contributed by atoms with van der Waals surface area (Å²) < 4.78 is 32.2. The van der Waals surface area contributed by atoms with Gasteiger partial charge in [0.25, 0.3) is 11.6 Å². The second kappa shape index (κ2) is 8.46. The van der Waals surface area contributed by atoms with Gasteiger partial charge in [0.05, 0.1) is 23.2 Å². The highest BCUT2D eigenvalue weighted by molar-refractivity contribution is 7.89. The molecule has 1 aliphatic rings. The number of morpholine rings is 1. The molecule has 9 nitrogen and oxygen atoms in total. The first-order valence-corrected chi connectivity index (χ1v) is 10.5. The molecule has 0 atom stereocenters. The van der Waals surface area contributed by atoms with E-state index in [9.17, 15) is 23.3 Å². The Kier molecular flexibility index (Phi) is 6.18. The first-order valence-electron chi connectivity index (χ1n) is 8.64. The Morgan fingerprint density at radius 1 is 1.21 bits per heavy atom. The summed E-state index contributed by atoms with van der Waals surface area (Å²) in [5.41, 5.74) is 0.533. The number of amides is 1. The molecule has 1 amide bonds. The molecule has 1 saturated heterocycles. The van der Waals surface area contributed by atoms with Crippen molar-refractivity contribution in [3.05, 3.63) is 62.7 Å². The number of benzene rings is 2. The molecule has 0 aliphatic carbocycles. The monoisotopic (exact) mass is 439 g/mol. The molecule has 154 valence electrons. The van der Waals surface area contributed by atoms with Crippen molar-refractivity contribution in [1.29, 1.82) is 0 Å². The van der Waals surface area contributed by atoms with Crippen LogP contribution >= 0.6 is 11.6 Å². The first-order chi connectivity index (χ1) is 13.7. The topological polar surface area (TPSA) is 119 Å². The highest BCUT2D eigenvalue weighted by Crippen LogP contribution is 2.29. The van der Waals surface area contributed by atoms with E-state index in [0.717, 1.165) is 0 Å². The van der Waals surface area contributed by atoms with E-state index in [-0.39, 0.29) is 39.9 Å².